The van der Waals surface area contributed by atoms with Gasteiger partial charge in [0.25, 0.3) is 5.91 Å². The van der Waals surface area contributed by atoms with Gasteiger partial charge in [0.15, 0.2) is 11.5 Å². The van der Waals surface area contributed by atoms with E-state index in [1.54, 1.807) is 13.0 Å². The molecule has 2 aromatic heterocycles. The van der Waals surface area contributed by atoms with Crippen LogP contribution in [0.5, 0.6) is 0 Å². The van der Waals surface area contributed by atoms with Crippen LogP contribution in [0.25, 0.3) is 11.3 Å². The number of carbonyl (C=O) groups is 1. The van der Waals surface area contributed by atoms with E-state index in [4.69, 9.17) is 4.52 Å². The highest BCUT2D eigenvalue weighted by molar-refractivity contribution is 7.11. The molecule has 3 aromatic rings. The normalized spacial score (nSPS) is 20.1. The Morgan fingerprint density at radius 3 is 2.81 bits per heavy atom. The summed E-state index contributed by atoms with van der Waals surface area (Å²) >= 11 is 1.45. The molecule has 0 unspecified atom stereocenters. The Morgan fingerprint density at radius 1 is 1.33 bits per heavy atom. The fourth-order valence-corrected chi connectivity index (χ4v) is 4.06. The Balaban J connectivity index is 1.27. The van der Waals surface area contributed by atoms with Crippen LogP contribution in [0.1, 0.15) is 46.4 Å². The third kappa shape index (κ3) is 4.06. The van der Waals surface area contributed by atoms with Crippen LogP contribution in [0.3, 0.4) is 0 Å². The van der Waals surface area contributed by atoms with E-state index in [-0.39, 0.29) is 11.9 Å². The number of hydrogen-bond donors (Lipinski definition) is 2. The van der Waals surface area contributed by atoms with Crippen molar-refractivity contribution in [3.05, 3.63) is 52.1 Å². The van der Waals surface area contributed by atoms with E-state index >= 15 is 0 Å². The zero-order chi connectivity index (χ0) is 18.8. The Labute approximate surface area is 160 Å². The molecule has 4 rings (SSSR count). The van der Waals surface area contributed by atoms with Crippen LogP contribution in [-0.2, 0) is 6.42 Å². The zero-order valence-corrected chi connectivity index (χ0v) is 15.6. The Kier molecular flexibility index (Phi) is 5.00. The summed E-state index contributed by atoms with van der Waals surface area (Å²) in [5, 5.41) is 26.1. The maximum Gasteiger partial charge on any atom is 0.273 e. The molecular formula is C19H20N4O3S. The second-order valence-corrected chi connectivity index (χ2v) is 7.96. The van der Waals surface area contributed by atoms with Crippen LogP contribution in [0, 0.1) is 5.92 Å². The van der Waals surface area contributed by atoms with E-state index in [1.165, 1.54) is 11.3 Å². The lowest BCUT2D eigenvalue weighted by Crippen LogP contribution is -2.45. The van der Waals surface area contributed by atoms with Gasteiger partial charge in [-0.15, -0.1) is 10.2 Å². The first-order valence-corrected chi connectivity index (χ1v) is 9.73. The maximum atomic E-state index is 12.4. The molecule has 0 bridgehead atoms. The molecule has 0 saturated heterocycles. The molecule has 1 aliphatic rings. The smallest absolute Gasteiger partial charge is 0.273 e. The topological polar surface area (TPSA) is 101 Å². The van der Waals surface area contributed by atoms with Crippen LogP contribution < -0.4 is 5.32 Å². The van der Waals surface area contributed by atoms with Gasteiger partial charge in [0.1, 0.15) is 16.1 Å². The second kappa shape index (κ2) is 7.58. The molecule has 8 heteroatoms. The summed E-state index contributed by atoms with van der Waals surface area (Å²) < 4.78 is 5.28. The molecule has 2 heterocycles. The molecule has 1 fully saturated rings. The summed E-state index contributed by atoms with van der Waals surface area (Å²) in [5.74, 6) is 0.844. The molecule has 0 spiro atoms. The Bertz CT molecular complexity index is 916. The molecule has 1 aliphatic carbocycles. The molecule has 1 atom stereocenters. The maximum absolute atomic E-state index is 12.4. The van der Waals surface area contributed by atoms with E-state index in [1.807, 2.05) is 30.3 Å². The third-order valence-corrected chi connectivity index (χ3v) is 5.79. The zero-order valence-electron chi connectivity index (χ0n) is 14.8. The van der Waals surface area contributed by atoms with Crippen molar-refractivity contribution < 1.29 is 14.4 Å². The van der Waals surface area contributed by atoms with Gasteiger partial charge < -0.3 is 14.9 Å². The second-order valence-electron chi connectivity index (χ2n) is 6.86. The van der Waals surface area contributed by atoms with Gasteiger partial charge in [-0.2, -0.15) is 0 Å². The van der Waals surface area contributed by atoms with Crippen molar-refractivity contribution >= 4 is 17.2 Å². The highest BCUT2D eigenvalue weighted by Crippen LogP contribution is 2.32. The molecule has 1 aromatic carbocycles. The van der Waals surface area contributed by atoms with Crippen molar-refractivity contribution in [2.45, 2.75) is 38.3 Å². The summed E-state index contributed by atoms with van der Waals surface area (Å²) in [4.78, 5) is 12.4. The van der Waals surface area contributed by atoms with Gasteiger partial charge in [-0.3, -0.25) is 4.79 Å². The van der Waals surface area contributed by atoms with Gasteiger partial charge in [-0.25, -0.2) is 0 Å². The summed E-state index contributed by atoms with van der Waals surface area (Å²) in [7, 11) is 0. The standard InChI is InChI=1S/C19H20N4O3S/c1-11(24)19-22-21-17(27-19)9-12-7-14(8-12)20-18(25)15-10-16(26-23-15)13-5-3-2-4-6-13/h2-6,10-12,14,24H,7-9H2,1H3,(H,20,25)/t11-,12-,14-/m0/s1. The number of nitrogens with zero attached hydrogens (tertiary/aromatic N) is 3. The minimum absolute atomic E-state index is 0.142. The number of aromatic nitrogens is 3. The van der Waals surface area contributed by atoms with Gasteiger partial charge >= 0.3 is 0 Å². The Morgan fingerprint density at radius 2 is 2.11 bits per heavy atom. The summed E-state index contributed by atoms with van der Waals surface area (Å²) in [6.07, 6.45) is 2.06. The quantitative estimate of drug-likeness (QED) is 0.677. The molecule has 7 nitrogen and oxygen atoms in total. The van der Waals surface area contributed by atoms with Crippen molar-refractivity contribution in [2.75, 3.05) is 0 Å². The van der Waals surface area contributed by atoms with E-state index in [2.05, 4.69) is 20.7 Å². The van der Waals surface area contributed by atoms with E-state index in [0.29, 0.717) is 22.4 Å². The third-order valence-electron chi connectivity index (χ3n) is 4.68. The van der Waals surface area contributed by atoms with Crippen LogP contribution in [0.4, 0.5) is 0 Å². The molecule has 1 amide bonds. The highest BCUT2D eigenvalue weighted by Gasteiger charge is 2.32. The molecule has 0 aliphatic heterocycles. The van der Waals surface area contributed by atoms with Crippen molar-refractivity contribution in [1.82, 2.24) is 20.7 Å². The average Bonchev–Trinajstić information content (AvgIpc) is 3.30. The largest absolute Gasteiger partial charge is 0.386 e. The van der Waals surface area contributed by atoms with Crippen LogP contribution >= 0.6 is 11.3 Å². The number of hydrogen-bond acceptors (Lipinski definition) is 7. The molecular weight excluding hydrogens is 364 g/mol. The minimum Gasteiger partial charge on any atom is -0.386 e. The van der Waals surface area contributed by atoms with Crippen molar-refractivity contribution in [3.63, 3.8) is 0 Å². The van der Waals surface area contributed by atoms with E-state index in [9.17, 15) is 9.90 Å². The number of carbonyl (C=O) groups excluding carboxylic acids is 1. The number of amides is 1. The lowest BCUT2D eigenvalue weighted by molar-refractivity contribution is 0.0880. The molecule has 140 valence electrons. The van der Waals surface area contributed by atoms with Crippen molar-refractivity contribution in [1.29, 1.82) is 0 Å². The van der Waals surface area contributed by atoms with Gasteiger partial charge in [0.2, 0.25) is 0 Å². The van der Waals surface area contributed by atoms with E-state index in [0.717, 1.165) is 29.8 Å². The number of nitrogens with one attached hydrogen (secondary N) is 1. The van der Waals surface area contributed by atoms with Gasteiger partial charge in [0.05, 0.1) is 0 Å². The number of rotatable bonds is 6. The average molecular weight is 384 g/mol. The van der Waals surface area contributed by atoms with Crippen molar-refractivity contribution in [2.24, 2.45) is 5.92 Å². The van der Waals surface area contributed by atoms with Gasteiger partial charge in [-0.1, -0.05) is 46.8 Å². The molecule has 2 N–H and O–H groups in total. The van der Waals surface area contributed by atoms with Gasteiger partial charge in [0, 0.05) is 24.1 Å². The van der Waals surface area contributed by atoms with E-state index < -0.39 is 6.10 Å². The predicted molar refractivity (Wildman–Crippen MR) is 100 cm³/mol. The monoisotopic (exact) mass is 384 g/mol. The lowest BCUT2D eigenvalue weighted by atomic mass is 9.78. The Hall–Kier alpha value is -2.58. The minimum atomic E-state index is -0.576. The SMILES string of the molecule is C[C@H](O)c1nnc(C[C@H]2C[C@H](NC(=O)c3cc(-c4ccccc4)on3)C2)s1. The first-order chi connectivity index (χ1) is 13.1. The van der Waals surface area contributed by atoms with Crippen molar-refractivity contribution in [3.8, 4) is 11.3 Å². The summed E-state index contributed by atoms with van der Waals surface area (Å²) in [6, 6.07) is 11.4. The predicted octanol–water partition coefficient (Wildman–Crippen LogP) is 3.00. The first kappa shape index (κ1) is 17.8. The first-order valence-electron chi connectivity index (χ1n) is 8.92. The molecule has 27 heavy (non-hydrogen) atoms. The number of aliphatic hydroxyl groups is 1. The lowest BCUT2D eigenvalue weighted by Gasteiger charge is -2.35. The summed E-state index contributed by atoms with van der Waals surface area (Å²) in [6.45, 7) is 1.69. The molecule has 1 saturated carbocycles. The van der Waals surface area contributed by atoms with Gasteiger partial charge in [-0.05, 0) is 25.7 Å². The highest BCUT2D eigenvalue weighted by atomic mass is 32.1. The van der Waals surface area contributed by atoms with Crippen LogP contribution in [-0.4, -0.2) is 32.4 Å². The van der Waals surface area contributed by atoms with Crippen LogP contribution in [0.15, 0.2) is 40.9 Å². The molecule has 0 radical (unpaired) electrons. The number of aliphatic hydroxyl groups excluding tert-OH is 1. The fourth-order valence-electron chi connectivity index (χ4n) is 3.17. The summed E-state index contributed by atoms with van der Waals surface area (Å²) in [5.41, 5.74) is 1.18. The fraction of sp³-hybridized carbons (Fsp3) is 0.368. The number of benzene rings is 1. The van der Waals surface area contributed by atoms with Crippen LogP contribution in [0.2, 0.25) is 0 Å².